The van der Waals surface area contributed by atoms with Crippen molar-refractivity contribution in [1.82, 2.24) is 122 Å². The van der Waals surface area contributed by atoms with E-state index in [1.54, 1.807) is 92.8 Å². The number of aromatic nitrogens is 25. The number of halogens is 2. The van der Waals surface area contributed by atoms with E-state index in [0.29, 0.717) is 148 Å². The van der Waals surface area contributed by atoms with Gasteiger partial charge in [0.25, 0.3) is 22.2 Å². The molecule has 662 valence electrons. The van der Waals surface area contributed by atoms with E-state index in [9.17, 15) is 29.4 Å². The van der Waals surface area contributed by atoms with Crippen LogP contribution in [0.5, 0.6) is 17.2 Å². The normalized spacial score (nSPS) is 11.5. The van der Waals surface area contributed by atoms with Gasteiger partial charge in [0, 0.05) is 17.3 Å². The van der Waals surface area contributed by atoms with Crippen molar-refractivity contribution in [2.45, 2.75) is 74.6 Å². The largest absolute Gasteiger partial charge is 0.508 e. The first-order chi connectivity index (χ1) is 64.3. The fourth-order valence-corrected chi connectivity index (χ4v) is 20.2. The average Bonchev–Trinajstić information content (AvgIpc) is 1.62. The molecule has 10 N–H and O–H groups in total. The van der Waals surface area contributed by atoms with Gasteiger partial charge < -0.3 is 37.9 Å². The van der Waals surface area contributed by atoms with Crippen LogP contribution in [0.15, 0.2) is 206 Å². The quantitative estimate of drug-likeness (QED) is 0.0555. The number of nitrogen functional groups attached to an aromatic ring is 4. The van der Waals surface area contributed by atoms with Crippen LogP contribution in [0.25, 0.3) is 130 Å². The predicted molar refractivity (Wildman–Crippen MR) is 518 cm³/mol. The Bertz CT molecular complexity index is 8450. The lowest BCUT2D eigenvalue weighted by atomic mass is 10.1. The molecule has 0 radical (unpaired) electrons. The zero-order valence-electron chi connectivity index (χ0n) is 71.5. The molecule has 0 aliphatic heterocycles. The lowest BCUT2D eigenvalue weighted by Gasteiger charge is -2.15. The Labute approximate surface area is 776 Å². The molecule has 22 rings (SSSR count). The number of aromatic hydroxyl groups is 2. The van der Waals surface area contributed by atoms with Crippen molar-refractivity contribution in [2.75, 3.05) is 30.0 Å². The number of nitrogens with zero attached hydrogens (tertiary/aromatic N) is 25. The summed E-state index contributed by atoms with van der Waals surface area (Å²) in [5.74, 6) is 4.27. The summed E-state index contributed by atoms with van der Waals surface area (Å²) in [6.07, 6.45) is 7.12. The molecule has 0 amide bonds. The molecule has 36 nitrogen and oxygen atoms in total. The molecule has 0 bridgehead atoms. The summed E-state index contributed by atoms with van der Waals surface area (Å²) in [5, 5.41) is 51.0. The fraction of sp³-hybridized carbons (Fsp3) is 0.132. The number of fused-ring (bicyclic) bond motifs is 8. The number of methoxy groups -OCH3 is 1. The van der Waals surface area contributed by atoms with Crippen LogP contribution >= 0.6 is 68.5 Å². The van der Waals surface area contributed by atoms with Crippen LogP contribution < -0.4 is 49.9 Å². The minimum atomic E-state index is -0.186. The molecule has 0 unspecified atom stereocenters. The number of pyridine rings is 1. The van der Waals surface area contributed by atoms with Gasteiger partial charge in [0.15, 0.2) is 32.9 Å². The molecule has 5 aromatic carbocycles. The minimum absolute atomic E-state index is 0.102. The summed E-state index contributed by atoms with van der Waals surface area (Å²) < 4.78 is 18.4. The number of hydrogen-bond acceptors (Lipinski definition) is 32. The molecule has 42 heteroatoms. The number of phenolic OH excluding ortho intramolecular Hbond substituents is 2. The van der Waals surface area contributed by atoms with E-state index in [1.807, 2.05) is 161 Å². The SMILES string of the molecule is COc1ccccc1-n1c(Cn2nc(Cl)c3c(N)ncnc32)nc2scc(C)c2c1=O.Cc1ccccc1-n1c(Cn2nc(-c3cccc(O)c3)c3c(N)ncnc32)nc2scc(C)c2c1=O.Cc1ccccc1-n1c(Cn2nc(Cl)c3c(N)ncnc32)nc2scc(C)c2c1=O.Cc1cccnc1-n1c(Cn2nc(-c3cccc(O)c3)c3c(N)ncnc32)nc2scc(C)c2c1=O. The number of thiophene rings is 4. The molecule has 22 aromatic rings. The van der Waals surface area contributed by atoms with Crippen molar-refractivity contribution in [3.63, 3.8) is 0 Å². The Morgan fingerprint density at radius 1 is 0.346 bits per heavy atom. The summed E-state index contributed by atoms with van der Waals surface area (Å²) in [4.78, 5) is 115. The highest BCUT2D eigenvalue weighted by Crippen LogP contribution is 2.38. The molecule has 0 saturated carbocycles. The number of nitrogens with two attached hydrogens (primary N) is 4. The van der Waals surface area contributed by atoms with Crippen LogP contribution in [0.3, 0.4) is 0 Å². The third-order valence-electron chi connectivity index (χ3n) is 22.2. The van der Waals surface area contributed by atoms with Gasteiger partial charge in [-0.15, -0.1) is 45.3 Å². The van der Waals surface area contributed by atoms with Crippen molar-refractivity contribution in [3.05, 3.63) is 300 Å². The first kappa shape index (κ1) is 86.4. The van der Waals surface area contributed by atoms with Gasteiger partial charge in [-0.05, 0) is 164 Å². The summed E-state index contributed by atoms with van der Waals surface area (Å²) >= 11 is 18.3. The van der Waals surface area contributed by atoms with E-state index in [4.69, 9.17) is 81.0 Å². The Hall–Kier alpha value is -16.0. The summed E-state index contributed by atoms with van der Waals surface area (Å²) in [6.45, 7) is 14.1. The van der Waals surface area contributed by atoms with Crippen LogP contribution in [-0.4, -0.2) is 140 Å². The van der Waals surface area contributed by atoms with E-state index < -0.39 is 0 Å². The third-order valence-corrected chi connectivity index (χ3v) is 26.7. The second-order valence-electron chi connectivity index (χ2n) is 30.8. The van der Waals surface area contributed by atoms with Crippen LogP contribution in [0.4, 0.5) is 23.3 Å². The number of benzene rings is 5. The Balaban J connectivity index is 0.000000115. The maximum absolute atomic E-state index is 13.8. The molecule has 0 aliphatic carbocycles. The topological polar surface area (TPSA) is 481 Å². The summed E-state index contributed by atoms with van der Waals surface area (Å²) in [6, 6.07) is 40.0. The molecule has 0 fully saturated rings. The van der Waals surface area contributed by atoms with Crippen LogP contribution in [0.2, 0.25) is 10.3 Å². The van der Waals surface area contributed by atoms with Gasteiger partial charge in [-0.25, -0.2) is 88.1 Å². The van der Waals surface area contributed by atoms with E-state index in [2.05, 4.69) is 55.1 Å². The third kappa shape index (κ3) is 15.7. The number of aryl methyl sites for hydroxylation is 7. The number of ether oxygens (including phenoxy) is 1. The van der Waals surface area contributed by atoms with Crippen molar-refractivity contribution < 1.29 is 14.9 Å². The standard InChI is InChI=1S/C26H21N7O2S.C25H20N8O2S.C20H16ClN7O2S.C20H16ClN7OS/c1-14-6-3-4-9-18(14)33-19(30-25-20(26(33)35)15(2)12-36-25)11-32-24-21(23(27)28-13-29-24)22(31-32)16-7-5-8-17(34)10-16;1-13-5-4-8-27-22(13)33-17(30-24-18(25(33)35)14(2)11-36-24)10-32-23-19(21(26)28-12-29-23)20(31-32)15-6-3-7-16(34)9-15;1-10-8-31-19-14(10)20(29)28(11-5-3-4-6-12(11)30-2)13(25-19)7-27-18-15(16(21)26-27)17(22)23-9-24-18;1-10-5-3-4-6-12(10)28-13(25-19-14(20(28)29)11(2)8-30-19)7-27-18-15(16(21)26-27)17(22)23-9-24-18/h3-10,12-13,34H,11H2,1-2H3,(H2,27,28,29);3-9,11-12,34H,10H2,1-2H3,(H2,26,28,29);3-6,8-9H,7H2,1-2H3,(H2,22,23,24);3-6,8-9H,7H2,1-2H3,(H2,22,23,24). The highest BCUT2D eigenvalue weighted by atomic mass is 35.5. The van der Waals surface area contributed by atoms with Crippen LogP contribution in [0, 0.1) is 48.5 Å². The molecule has 0 saturated heterocycles. The molecule has 133 heavy (non-hydrogen) atoms. The van der Waals surface area contributed by atoms with Crippen molar-refractivity contribution in [2.24, 2.45) is 0 Å². The van der Waals surface area contributed by atoms with E-state index in [0.717, 1.165) is 50.3 Å². The molecule has 0 atom stereocenters. The van der Waals surface area contributed by atoms with Gasteiger partial charge in [-0.2, -0.15) is 20.4 Å². The molecule has 0 aliphatic rings. The average molecular weight is 1880 g/mol. The minimum Gasteiger partial charge on any atom is -0.508 e. The van der Waals surface area contributed by atoms with Gasteiger partial charge in [0.2, 0.25) is 0 Å². The smallest absolute Gasteiger partial charge is 0.268 e. The predicted octanol–water partition coefficient (Wildman–Crippen LogP) is 14.5. The van der Waals surface area contributed by atoms with E-state index >= 15 is 0 Å². The molecular weight excluding hydrogens is 1810 g/mol. The number of rotatable bonds is 15. The van der Waals surface area contributed by atoms with Gasteiger partial charge in [0.1, 0.15) is 163 Å². The van der Waals surface area contributed by atoms with Crippen molar-refractivity contribution >= 4 is 177 Å². The second-order valence-corrected chi connectivity index (χ2v) is 34.9. The highest BCUT2D eigenvalue weighted by Gasteiger charge is 2.29. The second kappa shape index (κ2) is 35.1. The van der Waals surface area contributed by atoms with Crippen LogP contribution in [0.1, 0.15) is 62.2 Å². The van der Waals surface area contributed by atoms with Gasteiger partial charge in [0.05, 0.1) is 56.5 Å². The lowest BCUT2D eigenvalue weighted by Crippen LogP contribution is -2.26. The maximum Gasteiger partial charge on any atom is 0.268 e. The van der Waals surface area contributed by atoms with Crippen molar-refractivity contribution in [3.8, 4) is 62.6 Å². The monoisotopic (exact) mass is 1880 g/mol. The zero-order chi connectivity index (χ0) is 92.6. The van der Waals surface area contributed by atoms with Crippen LogP contribution in [-0.2, 0) is 26.2 Å². The van der Waals surface area contributed by atoms with E-state index in [1.165, 1.54) is 70.7 Å². The van der Waals surface area contributed by atoms with E-state index in [-0.39, 0.29) is 93.5 Å². The number of phenols is 2. The Morgan fingerprint density at radius 3 is 1.04 bits per heavy atom. The fourth-order valence-electron chi connectivity index (χ4n) is 15.9. The number of para-hydroxylation sites is 4. The first-order valence-electron chi connectivity index (χ1n) is 40.7. The first-order valence-corrected chi connectivity index (χ1v) is 45.0. The number of anilines is 4. The van der Waals surface area contributed by atoms with Gasteiger partial charge >= 0.3 is 0 Å². The Kier molecular flexibility index (Phi) is 22.8. The molecule has 0 spiro atoms. The molecule has 17 heterocycles. The number of hydrogen-bond donors (Lipinski definition) is 6. The maximum atomic E-state index is 13.8. The summed E-state index contributed by atoms with van der Waals surface area (Å²) in [5.41, 5.74) is 36.5. The van der Waals surface area contributed by atoms with Gasteiger partial charge in [-0.3, -0.25) is 32.9 Å². The molecular formula is C91H73Cl2N29O7S4. The zero-order valence-corrected chi connectivity index (χ0v) is 76.3. The highest BCUT2D eigenvalue weighted by molar-refractivity contribution is 7.17. The Morgan fingerprint density at radius 2 is 0.669 bits per heavy atom. The summed E-state index contributed by atoms with van der Waals surface area (Å²) in [7, 11) is 1.56. The molecule has 17 aromatic heterocycles. The lowest BCUT2D eigenvalue weighted by molar-refractivity contribution is 0.412. The van der Waals surface area contributed by atoms with Crippen molar-refractivity contribution in [1.29, 1.82) is 0 Å². The van der Waals surface area contributed by atoms with Gasteiger partial charge in [-0.1, -0.05) is 102 Å².